The van der Waals surface area contributed by atoms with Gasteiger partial charge in [-0.3, -0.25) is 0 Å². The summed E-state index contributed by atoms with van der Waals surface area (Å²) in [5, 5.41) is 0. The van der Waals surface area contributed by atoms with Gasteiger partial charge in [0, 0.05) is 5.41 Å². The maximum absolute atomic E-state index is 2.54. The van der Waals surface area contributed by atoms with Crippen molar-refractivity contribution in [1.29, 1.82) is 0 Å². The summed E-state index contributed by atoms with van der Waals surface area (Å²) in [6, 6.07) is 0. The van der Waals surface area contributed by atoms with Gasteiger partial charge in [-0.1, -0.05) is 38.0 Å². The molecule has 2 fully saturated rings. The van der Waals surface area contributed by atoms with E-state index in [1.807, 2.05) is 5.57 Å². The fourth-order valence-corrected chi connectivity index (χ4v) is 4.92. The topological polar surface area (TPSA) is 0 Å². The van der Waals surface area contributed by atoms with Gasteiger partial charge in [-0.25, -0.2) is 0 Å². The summed E-state index contributed by atoms with van der Waals surface area (Å²) in [7, 11) is 0. The van der Waals surface area contributed by atoms with E-state index in [1.54, 1.807) is 11.1 Å². The van der Waals surface area contributed by atoms with E-state index >= 15 is 0 Å². The summed E-state index contributed by atoms with van der Waals surface area (Å²) in [5.41, 5.74) is 6.50. The van der Waals surface area contributed by atoms with Crippen LogP contribution in [-0.4, -0.2) is 0 Å². The van der Waals surface area contributed by atoms with Crippen molar-refractivity contribution in [3.63, 3.8) is 0 Å². The molecule has 0 aromatic rings. The number of rotatable bonds is 0. The standard InChI is InChI=1S/C13H16/c1-7-9-5-11-10-4-8(9)6-12(10,2)13(7,11)3/h5,7-8H,4,6H2,1-3H3. The largest absolute Gasteiger partial charge is 0.0627 e. The lowest BCUT2D eigenvalue weighted by molar-refractivity contribution is 0.0539. The van der Waals surface area contributed by atoms with Gasteiger partial charge in [0.1, 0.15) is 0 Å². The van der Waals surface area contributed by atoms with Gasteiger partial charge in [0.05, 0.1) is 0 Å². The highest BCUT2D eigenvalue weighted by Crippen LogP contribution is 2.80. The highest BCUT2D eigenvalue weighted by Gasteiger charge is 2.71. The molecule has 6 bridgehead atoms. The Morgan fingerprint density at radius 1 is 1.38 bits per heavy atom. The molecule has 0 N–H and O–H groups in total. The van der Waals surface area contributed by atoms with E-state index in [1.165, 1.54) is 12.8 Å². The van der Waals surface area contributed by atoms with Crippen molar-refractivity contribution in [2.24, 2.45) is 22.7 Å². The minimum Gasteiger partial charge on any atom is -0.0627 e. The summed E-state index contributed by atoms with van der Waals surface area (Å²) in [4.78, 5) is 0. The SMILES string of the molecule is CC1C2=CC3=C4CC2CC4(C)C31C. The number of allylic oxidation sites excluding steroid dienone is 4. The number of hydrogen-bond acceptors (Lipinski definition) is 0. The molecule has 0 amide bonds. The summed E-state index contributed by atoms with van der Waals surface area (Å²) in [5.74, 6) is 1.78. The first-order valence-corrected chi connectivity index (χ1v) is 5.54. The minimum atomic E-state index is 0.546. The summed E-state index contributed by atoms with van der Waals surface area (Å²) >= 11 is 0. The van der Waals surface area contributed by atoms with Crippen molar-refractivity contribution in [3.05, 3.63) is 22.8 Å². The molecule has 0 aromatic carbocycles. The Morgan fingerprint density at radius 2 is 2.15 bits per heavy atom. The smallest absolute Gasteiger partial charge is 0.00787 e. The molecule has 2 saturated carbocycles. The molecule has 0 nitrogen and oxygen atoms in total. The molecule has 5 aliphatic rings. The Balaban J connectivity index is 2.12. The van der Waals surface area contributed by atoms with Crippen molar-refractivity contribution in [2.45, 2.75) is 33.6 Å². The molecule has 0 radical (unpaired) electrons. The molecule has 0 spiro atoms. The predicted molar refractivity (Wildman–Crippen MR) is 53.2 cm³/mol. The van der Waals surface area contributed by atoms with Gasteiger partial charge in [0.15, 0.2) is 0 Å². The molecule has 0 heterocycles. The van der Waals surface area contributed by atoms with Crippen LogP contribution in [0.2, 0.25) is 0 Å². The minimum absolute atomic E-state index is 0.546. The maximum Gasteiger partial charge on any atom is 0.00787 e. The van der Waals surface area contributed by atoms with Gasteiger partial charge in [0.2, 0.25) is 0 Å². The van der Waals surface area contributed by atoms with Crippen LogP contribution in [0.4, 0.5) is 0 Å². The Bertz CT molecular complexity index is 398. The van der Waals surface area contributed by atoms with Crippen LogP contribution in [0.15, 0.2) is 22.8 Å². The molecule has 13 heavy (non-hydrogen) atoms. The van der Waals surface area contributed by atoms with E-state index in [-0.39, 0.29) is 0 Å². The third-order valence-electron chi connectivity index (χ3n) is 5.95. The van der Waals surface area contributed by atoms with Crippen LogP contribution in [0.3, 0.4) is 0 Å². The number of hydrogen-bond donors (Lipinski definition) is 0. The van der Waals surface area contributed by atoms with Crippen LogP contribution in [0, 0.1) is 22.7 Å². The lowest BCUT2D eigenvalue weighted by atomic mass is 9.46. The molecule has 5 rings (SSSR count). The quantitative estimate of drug-likeness (QED) is 0.526. The summed E-state index contributed by atoms with van der Waals surface area (Å²) in [6.45, 7) is 7.46. The molecule has 0 saturated heterocycles. The van der Waals surface area contributed by atoms with E-state index < -0.39 is 0 Å². The second kappa shape index (κ2) is 1.45. The normalized spacial score (nSPS) is 60.1. The van der Waals surface area contributed by atoms with E-state index in [9.17, 15) is 0 Å². The van der Waals surface area contributed by atoms with Crippen molar-refractivity contribution in [1.82, 2.24) is 0 Å². The third kappa shape index (κ3) is 0.389. The monoisotopic (exact) mass is 172 g/mol. The molecule has 5 aliphatic carbocycles. The highest BCUT2D eigenvalue weighted by molar-refractivity contribution is 5.63. The maximum atomic E-state index is 2.54. The lowest BCUT2D eigenvalue weighted by Crippen LogP contribution is -2.50. The zero-order chi connectivity index (χ0) is 9.01. The first-order chi connectivity index (χ1) is 6.09. The summed E-state index contributed by atoms with van der Waals surface area (Å²) in [6.07, 6.45) is 5.42. The second-order valence-electron chi connectivity index (χ2n) is 5.90. The summed E-state index contributed by atoms with van der Waals surface area (Å²) < 4.78 is 0. The van der Waals surface area contributed by atoms with Crippen LogP contribution >= 0.6 is 0 Å². The van der Waals surface area contributed by atoms with Crippen LogP contribution in [0.1, 0.15) is 33.6 Å². The van der Waals surface area contributed by atoms with E-state index in [4.69, 9.17) is 0 Å². The molecule has 4 unspecified atom stereocenters. The zero-order valence-corrected chi connectivity index (χ0v) is 8.65. The molecular weight excluding hydrogens is 156 g/mol. The van der Waals surface area contributed by atoms with Crippen LogP contribution in [-0.2, 0) is 0 Å². The van der Waals surface area contributed by atoms with E-state index in [0.717, 1.165) is 11.8 Å². The van der Waals surface area contributed by atoms with E-state index in [0.29, 0.717) is 10.8 Å². The fourth-order valence-electron chi connectivity index (χ4n) is 4.92. The zero-order valence-electron chi connectivity index (χ0n) is 8.65. The molecular formula is C13H16. The van der Waals surface area contributed by atoms with Crippen LogP contribution < -0.4 is 0 Å². The van der Waals surface area contributed by atoms with Gasteiger partial charge in [0.25, 0.3) is 0 Å². The van der Waals surface area contributed by atoms with Crippen LogP contribution in [0.5, 0.6) is 0 Å². The van der Waals surface area contributed by atoms with Gasteiger partial charge in [-0.15, -0.1) is 0 Å². The first-order valence-electron chi connectivity index (χ1n) is 5.54. The van der Waals surface area contributed by atoms with Gasteiger partial charge in [-0.2, -0.15) is 0 Å². The molecule has 68 valence electrons. The van der Waals surface area contributed by atoms with Crippen molar-refractivity contribution >= 4 is 0 Å². The Labute approximate surface area is 79.7 Å². The molecule has 0 heteroatoms. The third-order valence-corrected chi connectivity index (χ3v) is 5.95. The van der Waals surface area contributed by atoms with Crippen LogP contribution in [0.25, 0.3) is 0 Å². The lowest BCUT2D eigenvalue weighted by Gasteiger charge is -2.57. The van der Waals surface area contributed by atoms with Crippen molar-refractivity contribution < 1.29 is 0 Å². The molecule has 0 aliphatic heterocycles. The Hall–Kier alpha value is -0.520. The van der Waals surface area contributed by atoms with Crippen molar-refractivity contribution in [2.75, 3.05) is 0 Å². The van der Waals surface area contributed by atoms with Gasteiger partial charge < -0.3 is 0 Å². The Kier molecular flexibility index (Phi) is 0.766. The van der Waals surface area contributed by atoms with E-state index in [2.05, 4.69) is 26.8 Å². The Morgan fingerprint density at radius 3 is 2.92 bits per heavy atom. The molecule has 4 atom stereocenters. The molecule has 0 aromatic heterocycles. The van der Waals surface area contributed by atoms with Gasteiger partial charge in [-0.05, 0) is 35.7 Å². The highest BCUT2D eigenvalue weighted by atomic mass is 14.7. The fraction of sp³-hybridized carbons (Fsp3) is 0.692. The predicted octanol–water partition coefficient (Wildman–Crippen LogP) is 3.31. The first kappa shape index (κ1) is 6.86. The average Bonchev–Trinajstić information content (AvgIpc) is 2.39. The average molecular weight is 172 g/mol. The second-order valence-corrected chi connectivity index (χ2v) is 5.90. The van der Waals surface area contributed by atoms with Crippen molar-refractivity contribution in [3.8, 4) is 0 Å². The van der Waals surface area contributed by atoms with Gasteiger partial charge >= 0.3 is 0 Å².